The van der Waals surface area contributed by atoms with Crippen LogP contribution in [0.15, 0.2) is 42.6 Å². The van der Waals surface area contributed by atoms with Gasteiger partial charge in [0.25, 0.3) is 0 Å². The third-order valence-electron chi connectivity index (χ3n) is 6.78. The lowest BCUT2D eigenvalue weighted by Gasteiger charge is -2.24. The van der Waals surface area contributed by atoms with Crippen molar-refractivity contribution in [3.8, 4) is 17.6 Å². The lowest BCUT2D eigenvalue weighted by Crippen LogP contribution is -2.37. The fourth-order valence-corrected chi connectivity index (χ4v) is 4.33. The van der Waals surface area contributed by atoms with Crippen molar-refractivity contribution in [3.05, 3.63) is 64.8 Å². The average molecular weight is 492 g/mol. The van der Waals surface area contributed by atoms with Crippen LogP contribution in [0.2, 0.25) is 0 Å². The van der Waals surface area contributed by atoms with Crippen molar-refractivity contribution in [2.75, 3.05) is 26.8 Å². The van der Waals surface area contributed by atoms with Gasteiger partial charge in [0.1, 0.15) is 5.75 Å². The number of nitrogens with two attached hydrogens (primary N) is 1. The number of aromatic amines is 1. The summed E-state index contributed by atoms with van der Waals surface area (Å²) in [6, 6.07) is 12.5. The molecule has 3 aromatic rings. The summed E-state index contributed by atoms with van der Waals surface area (Å²) in [4.78, 5) is 5.27. The van der Waals surface area contributed by atoms with E-state index in [1.165, 1.54) is 22.0 Å². The Morgan fingerprint density at radius 2 is 1.97 bits per heavy atom. The fourth-order valence-electron chi connectivity index (χ4n) is 4.33. The van der Waals surface area contributed by atoms with E-state index in [1.54, 1.807) is 6.92 Å². The summed E-state index contributed by atoms with van der Waals surface area (Å²) in [6.07, 6.45) is 6.69. The summed E-state index contributed by atoms with van der Waals surface area (Å²) in [7, 11) is 1.97. The molecule has 0 radical (unpaired) electrons. The highest BCUT2D eigenvalue weighted by atomic mass is 16.5. The van der Waals surface area contributed by atoms with E-state index in [9.17, 15) is 5.11 Å². The molecular formula is C30H41N3O3. The highest BCUT2D eigenvalue weighted by Gasteiger charge is 2.15. The molecule has 2 aromatic carbocycles. The van der Waals surface area contributed by atoms with Gasteiger partial charge in [0.05, 0.1) is 19.3 Å². The van der Waals surface area contributed by atoms with Crippen LogP contribution in [0.5, 0.6) is 5.75 Å². The van der Waals surface area contributed by atoms with E-state index in [1.807, 2.05) is 43.3 Å². The quantitative estimate of drug-likeness (QED) is 0.375. The normalized spacial score (nSPS) is 14.5. The Bertz CT molecular complexity index is 1160. The monoisotopic (exact) mass is 491 g/mol. The first kappa shape index (κ1) is 27.8. The lowest BCUT2D eigenvalue weighted by molar-refractivity contribution is 0.0943. The highest BCUT2D eigenvalue weighted by molar-refractivity contribution is 5.82. The number of likely N-dealkylation sites (N-methyl/N-ethyl adjacent to an activating group) is 1. The largest absolute Gasteiger partial charge is 0.493 e. The first-order valence-electron chi connectivity index (χ1n) is 13.0. The molecule has 36 heavy (non-hydrogen) atoms. The van der Waals surface area contributed by atoms with Crippen molar-refractivity contribution in [3.63, 3.8) is 0 Å². The molecule has 0 fully saturated rings. The summed E-state index contributed by atoms with van der Waals surface area (Å²) in [5.41, 5.74) is 11.6. The predicted molar refractivity (Wildman–Crippen MR) is 147 cm³/mol. The molecule has 1 aromatic heterocycles. The van der Waals surface area contributed by atoms with Gasteiger partial charge in [0, 0.05) is 47.4 Å². The number of H-pyrrole nitrogens is 1. The van der Waals surface area contributed by atoms with Crippen LogP contribution in [0, 0.1) is 11.8 Å². The van der Waals surface area contributed by atoms with Gasteiger partial charge in [-0.2, -0.15) is 0 Å². The van der Waals surface area contributed by atoms with Crippen LogP contribution >= 0.6 is 0 Å². The Hall–Kier alpha value is -2.82. The fraction of sp³-hybridized carbons (Fsp3) is 0.467. The van der Waals surface area contributed by atoms with Gasteiger partial charge in [-0.25, -0.2) is 0 Å². The van der Waals surface area contributed by atoms with Crippen molar-refractivity contribution >= 4 is 10.9 Å². The molecular weight excluding hydrogens is 450 g/mol. The number of hydrogen-bond donors (Lipinski definition) is 4. The average Bonchev–Trinajstić information content (AvgIpc) is 3.15. The zero-order valence-electron chi connectivity index (χ0n) is 21.9. The van der Waals surface area contributed by atoms with Crippen LogP contribution in [-0.2, 0) is 19.4 Å². The number of aryl methyl sites for hydroxylation is 2. The molecule has 5 N–H and O–H groups in total. The van der Waals surface area contributed by atoms with Crippen molar-refractivity contribution in [1.82, 2.24) is 9.88 Å². The van der Waals surface area contributed by atoms with Crippen molar-refractivity contribution < 1.29 is 14.9 Å². The van der Waals surface area contributed by atoms with Crippen LogP contribution in [0.1, 0.15) is 55.4 Å². The highest BCUT2D eigenvalue weighted by Crippen LogP contribution is 2.29. The Labute approximate surface area is 215 Å². The predicted octanol–water partition coefficient (Wildman–Crippen LogP) is 4.01. The van der Waals surface area contributed by atoms with Crippen molar-refractivity contribution in [2.45, 2.75) is 64.6 Å². The van der Waals surface area contributed by atoms with E-state index in [4.69, 9.17) is 15.6 Å². The molecule has 0 saturated carbocycles. The number of aromatic nitrogens is 1. The number of aliphatic hydroxyl groups is 2. The Balaban J connectivity index is 0.000000233. The van der Waals surface area contributed by atoms with Crippen LogP contribution in [-0.4, -0.2) is 59.0 Å². The van der Waals surface area contributed by atoms with Gasteiger partial charge in [-0.3, -0.25) is 4.90 Å². The molecule has 6 nitrogen and oxygen atoms in total. The van der Waals surface area contributed by atoms with Gasteiger partial charge in [0.2, 0.25) is 0 Å². The lowest BCUT2D eigenvalue weighted by atomic mass is 10.0. The summed E-state index contributed by atoms with van der Waals surface area (Å²) >= 11 is 0. The number of hydrogen-bond acceptors (Lipinski definition) is 5. The molecule has 0 aliphatic carbocycles. The first-order chi connectivity index (χ1) is 17.4. The minimum absolute atomic E-state index is 0.0874. The second-order valence-electron chi connectivity index (χ2n) is 9.52. The van der Waals surface area contributed by atoms with Crippen molar-refractivity contribution in [1.29, 1.82) is 0 Å². The van der Waals surface area contributed by atoms with Crippen LogP contribution in [0.4, 0.5) is 0 Å². The number of nitrogens with one attached hydrogen (secondary N) is 1. The maximum Gasteiger partial charge on any atom is 0.127 e. The minimum Gasteiger partial charge on any atom is -0.493 e. The Kier molecular flexibility index (Phi) is 10.8. The van der Waals surface area contributed by atoms with Crippen LogP contribution in [0.3, 0.4) is 0 Å². The maximum absolute atomic E-state index is 9.62. The summed E-state index contributed by atoms with van der Waals surface area (Å²) < 4.78 is 5.86. The molecule has 0 bridgehead atoms. The Morgan fingerprint density at radius 1 is 1.17 bits per heavy atom. The number of fused-ring (bicyclic) bond motifs is 2. The molecule has 194 valence electrons. The SMILES string of the molecule is CC(O)C(C)N(C)CC#Cc1cc(CN)c2c(c1)CCCCO2.OCCCc1c[nH]c2ccccc12. The maximum atomic E-state index is 9.62. The molecule has 2 heterocycles. The van der Waals surface area contributed by atoms with Crippen LogP contribution < -0.4 is 10.5 Å². The summed E-state index contributed by atoms with van der Waals surface area (Å²) in [5, 5.41) is 19.6. The number of ether oxygens (including phenoxy) is 1. The topological polar surface area (TPSA) is 94.7 Å². The zero-order valence-corrected chi connectivity index (χ0v) is 21.9. The van der Waals surface area contributed by atoms with Gasteiger partial charge in [-0.1, -0.05) is 30.0 Å². The van der Waals surface area contributed by atoms with E-state index in [0.29, 0.717) is 13.1 Å². The van der Waals surface area contributed by atoms with Gasteiger partial charge in [0.15, 0.2) is 0 Å². The number of rotatable bonds is 7. The number of para-hydroxylation sites is 1. The second-order valence-corrected chi connectivity index (χ2v) is 9.52. The molecule has 2 atom stereocenters. The number of nitrogens with zero attached hydrogens (tertiary/aromatic N) is 1. The summed E-state index contributed by atoms with van der Waals surface area (Å²) in [6.45, 7) is 5.92. The van der Waals surface area contributed by atoms with E-state index in [2.05, 4.69) is 35.0 Å². The first-order valence-corrected chi connectivity index (χ1v) is 13.0. The smallest absolute Gasteiger partial charge is 0.127 e. The second kappa shape index (κ2) is 14.1. The molecule has 0 amide bonds. The molecule has 0 saturated heterocycles. The standard InChI is InChI=1S/C19H28N2O2.C11H13NO/c1-14(15(2)22)21(3)9-6-7-16-11-17-8-4-5-10-23-19(17)18(12-16)13-20;13-7-3-4-9-8-12-11-6-2-1-5-10(9)11/h11-12,14-15,22H,4-5,8-10,13,20H2,1-3H3;1-2,5-6,8,12-13H,3-4,7H2. The van der Waals surface area contributed by atoms with E-state index < -0.39 is 0 Å². The van der Waals surface area contributed by atoms with E-state index in [0.717, 1.165) is 55.6 Å². The molecule has 0 spiro atoms. The van der Waals surface area contributed by atoms with E-state index >= 15 is 0 Å². The van der Waals surface area contributed by atoms with Gasteiger partial charge in [-0.05, 0) is 82.3 Å². The molecule has 2 unspecified atom stereocenters. The van der Waals surface area contributed by atoms with E-state index in [-0.39, 0.29) is 18.8 Å². The van der Waals surface area contributed by atoms with Gasteiger partial charge < -0.3 is 25.7 Å². The third-order valence-corrected chi connectivity index (χ3v) is 6.78. The Morgan fingerprint density at radius 3 is 2.72 bits per heavy atom. The minimum atomic E-state index is -0.365. The molecule has 1 aliphatic rings. The third kappa shape index (κ3) is 7.59. The molecule has 4 rings (SSSR count). The molecule has 6 heteroatoms. The summed E-state index contributed by atoms with van der Waals surface area (Å²) in [5.74, 6) is 7.39. The molecule has 1 aliphatic heterocycles. The number of aliphatic hydroxyl groups excluding tert-OH is 2. The van der Waals surface area contributed by atoms with Crippen LogP contribution in [0.25, 0.3) is 10.9 Å². The van der Waals surface area contributed by atoms with Gasteiger partial charge >= 0.3 is 0 Å². The zero-order chi connectivity index (χ0) is 25.9. The van der Waals surface area contributed by atoms with Crippen molar-refractivity contribution in [2.24, 2.45) is 5.73 Å². The number of benzene rings is 2. The van der Waals surface area contributed by atoms with Gasteiger partial charge in [-0.15, -0.1) is 0 Å².